The molecule has 0 atom stereocenters. The van der Waals surface area contributed by atoms with Crippen molar-refractivity contribution in [1.29, 1.82) is 0 Å². The molecule has 0 fully saturated rings. The second kappa shape index (κ2) is 6.58. The van der Waals surface area contributed by atoms with Gasteiger partial charge in [0.05, 0.1) is 10.5 Å². The van der Waals surface area contributed by atoms with E-state index in [4.69, 9.17) is 5.11 Å². The summed E-state index contributed by atoms with van der Waals surface area (Å²) >= 11 is 0. The zero-order chi connectivity index (χ0) is 16.4. The molecule has 1 rings (SSSR count). The van der Waals surface area contributed by atoms with E-state index in [1.54, 1.807) is 13.8 Å². The first-order valence-corrected chi connectivity index (χ1v) is 8.43. The van der Waals surface area contributed by atoms with E-state index in [-0.39, 0.29) is 16.5 Å². The van der Waals surface area contributed by atoms with Crippen LogP contribution in [-0.2, 0) is 10.0 Å². The average Bonchev–Trinajstić information content (AvgIpc) is 2.37. The number of carboxylic acid groups (broad SMARTS) is 1. The highest BCUT2D eigenvalue weighted by atomic mass is 32.2. The molecule has 5 nitrogen and oxygen atoms in total. The van der Waals surface area contributed by atoms with Gasteiger partial charge in [-0.25, -0.2) is 13.2 Å². The number of hydrogen-bond acceptors (Lipinski definition) is 3. The first-order valence-electron chi connectivity index (χ1n) is 6.99. The van der Waals surface area contributed by atoms with Crippen LogP contribution in [-0.4, -0.2) is 36.4 Å². The molecule has 0 spiro atoms. The second-order valence-electron chi connectivity index (χ2n) is 5.43. The van der Waals surface area contributed by atoms with Crippen molar-refractivity contribution in [3.63, 3.8) is 0 Å². The lowest BCUT2D eigenvalue weighted by atomic mass is 10.1. The van der Waals surface area contributed by atoms with Crippen LogP contribution < -0.4 is 0 Å². The van der Waals surface area contributed by atoms with Crippen LogP contribution in [0.5, 0.6) is 0 Å². The van der Waals surface area contributed by atoms with E-state index in [0.717, 1.165) is 0 Å². The Bertz CT molecular complexity index is 635. The molecule has 1 aromatic carbocycles. The van der Waals surface area contributed by atoms with Gasteiger partial charge in [-0.2, -0.15) is 4.31 Å². The lowest BCUT2D eigenvalue weighted by molar-refractivity contribution is 0.0696. The summed E-state index contributed by atoms with van der Waals surface area (Å²) in [6.45, 7) is 9.39. The quantitative estimate of drug-likeness (QED) is 0.876. The molecule has 0 bridgehead atoms. The molecule has 0 aliphatic rings. The van der Waals surface area contributed by atoms with E-state index >= 15 is 0 Å². The van der Waals surface area contributed by atoms with Gasteiger partial charge in [0, 0.05) is 12.6 Å². The summed E-state index contributed by atoms with van der Waals surface area (Å²) < 4.78 is 27.1. The maximum atomic E-state index is 12.8. The molecule has 0 saturated carbocycles. The normalized spacial score (nSPS) is 12.1. The molecular weight excluding hydrogens is 290 g/mol. The zero-order valence-electron chi connectivity index (χ0n) is 13.2. The first kappa shape index (κ1) is 17.7. The van der Waals surface area contributed by atoms with Crippen LogP contribution in [0.3, 0.4) is 0 Å². The summed E-state index contributed by atoms with van der Waals surface area (Å²) in [5.74, 6) is -1.12. The molecule has 1 N–H and O–H groups in total. The fourth-order valence-corrected chi connectivity index (χ4v) is 4.28. The fraction of sp³-hybridized carbons (Fsp3) is 0.533. The van der Waals surface area contributed by atoms with Crippen molar-refractivity contribution in [1.82, 2.24) is 4.31 Å². The highest BCUT2D eigenvalue weighted by Gasteiger charge is 2.29. The molecule has 0 aromatic heterocycles. The third-order valence-corrected chi connectivity index (χ3v) is 5.67. The zero-order valence-corrected chi connectivity index (χ0v) is 14.0. The summed E-state index contributed by atoms with van der Waals surface area (Å²) in [6.07, 6.45) is 0.702. The van der Waals surface area contributed by atoms with Gasteiger partial charge in [0.2, 0.25) is 10.0 Å². The Labute approximate surface area is 126 Å². The largest absolute Gasteiger partial charge is 0.478 e. The van der Waals surface area contributed by atoms with Gasteiger partial charge in [-0.3, -0.25) is 0 Å². The van der Waals surface area contributed by atoms with Crippen LogP contribution in [0, 0.1) is 13.8 Å². The molecule has 118 valence electrons. The van der Waals surface area contributed by atoms with Crippen molar-refractivity contribution in [3.8, 4) is 0 Å². The Kier molecular flexibility index (Phi) is 5.53. The number of hydrogen-bond donors (Lipinski definition) is 1. The summed E-state index contributed by atoms with van der Waals surface area (Å²) in [6, 6.07) is 2.57. The highest BCUT2D eigenvalue weighted by molar-refractivity contribution is 7.89. The molecular formula is C15H23NO4S. The monoisotopic (exact) mass is 313 g/mol. The third-order valence-electron chi connectivity index (χ3n) is 3.47. The van der Waals surface area contributed by atoms with Crippen molar-refractivity contribution in [2.24, 2.45) is 0 Å². The van der Waals surface area contributed by atoms with Crippen molar-refractivity contribution in [2.45, 2.75) is 52.0 Å². The number of aromatic carboxylic acids is 1. The van der Waals surface area contributed by atoms with Gasteiger partial charge in [-0.1, -0.05) is 6.92 Å². The van der Waals surface area contributed by atoms with Crippen molar-refractivity contribution >= 4 is 16.0 Å². The van der Waals surface area contributed by atoms with Gasteiger partial charge in [-0.05, 0) is 57.4 Å². The SMILES string of the molecule is CCCN(C(C)C)S(=O)(=O)c1cc(C(=O)O)cc(C)c1C. The number of benzene rings is 1. The second-order valence-corrected chi connectivity index (χ2v) is 7.29. The number of aryl methyl sites for hydroxylation is 1. The minimum absolute atomic E-state index is 0.00289. The minimum Gasteiger partial charge on any atom is -0.478 e. The molecule has 0 heterocycles. The maximum absolute atomic E-state index is 12.8. The Morgan fingerprint density at radius 3 is 2.29 bits per heavy atom. The van der Waals surface area contributed by atoms with Gasteiger partial charge in [0.15, 0.2) is 0 Å². The summed E-state index contributed by atoms with van der Waals surface area (Å²) in [4.78, 5) is 11.2. The van der Waals surface area contributed by atoms with Crippen molar-refractivity contribution < 1.29 is 18.3 Å². The lowest BCUT2D eigenvalue weighted by Crippen LogP contribution is -2.38. The van der Waals surface area contributed by atoms with Crippen LogP contribution in [0.4, 0.5) is 0 Å². The van der Waals surface area contributed by atoms with Crippen molar-refractivity contribution in [2.75, 3.05) is 6.54 Å². The predicted molar refractivity (Wildman–Crippen MR) is 82.2 cm³/mol. The lowest BCUT2D eigenvalue weighted by Gasteiger charge is -2.26. The Morgan fingerprint density at radius 1 is 1.29 bits per heavy atom. The standard InChI is InChI=1S/C15H23NO4S/c1-6-7-16(10(2)3)21(19,20)14-9-13(15(17)18)8-11(4)12(14)5/h8-10H,6-7H2,1-5H3,(H,17,18). The molecule has 0 saturated heterocycles. The maximum Gasteiger partial charge on any atom is 0.335 e. The summed E-state index contributed by atoms with van der Waals surface area (Å²) in [5, 5.41) is 9.13. The molecule has 6 heteroatoms. The number of carbonyl (C=O) groups is 1. The minimum atomic E-state index is -3.70. The predicted octanol–water partition coefficient (Wildman–Crippen LogP) is 2.81. The van der Waals surface area contributed by atoms with Crippen LogP contribution in [0.2, 0.25) is 0 Å². The highest BCUT2D eigenvalue weighted by Crippen LogP contribution is 2.26. The van der Waals surface area contributed by atoms with Gasteiger partial charge < -0.3 is 5.11 Å². The molecule has 0 aliphatic heterocycles. The van der Waals surface area contributed by atoms with E-state index < -0.39 is 16.0 Å². The third kappa shape index (κ3) is 3.63. The molecule has 0 radical (unpaired) electrons. The Morgan fingerprint density at radius 2 is 1.86 bits per heavy atom. The number of rotatable bonds is 6. The van der Waals surface area contributed by atoms with Gasteiger partial charge in [0.1, 0.15) is 0 Å². The van der Waals surface area contributed by atoms with E-state index in [1.807, 2.05) is 20.8 Å². The smallest absolute Gasteiger partial charge is 0.335 e. The van der Waals surface area contributed by atoms with Gasteiger partial charge in [0.25, 0.3) is 0 Å². The first-order chi connectivity index (χ1) is 9.62. The van der Waals surface area contributed by atoms with E-state index in [2.05, 4.69) is 0 Å². The van der Waals surface area contributed by atoms with E-state index in [0.29, 0.717) is 24.1 Å². The van der Waals surface area contributed by atoms with Crippen LogP contribution >= 0.6 is 0 Å². The Hall–Kier alpha value is -1.40. The number of carboxylic acids is 1. The van der Waals surface area contributed by atoms with Crippen LogP contribution in [0.15, 0.2) is 17.0 Å². The average molecular weight is 313 g/mol. The van der Waals surface area contributed by atoms with Gasteiger partial charge >= 0.3 is 5.97 Å². The van der Waals surface area contributed by atoms with Crippen LogP contribution in [0.1, 0.15) is 48.7 Å². The van der Waals surface area contributed by atoms with Crippen molar-refractivity contribution in [3.05, 3.63) is 28.8 Å². The van der Waals surface area contributed by atoms with E-state index in [9.17, 15) is 13.2 Å². The summed E-state index contributed by atoms with van der Waals surface area (Å²) in [5.41, 5.74) is 1.26. The molecule has 0 aliphatic carbocycles. The molecule has 21 heavy (non-hydrogen) atoms. The fourth-order valence-electron chi connectivity index (χ4n) is 2.22. The summed E-state index contributed by atoms with van der Waals surface area (Å²) in [7, 11) is -3.70. The number of sulfonamides is 1. The van der Waals surface area contributed by atoms with E-state index in [1.165, 1.54) is 16.4 Å². The molecule has 1 aromatic rings. The van der Waals surface area contributed by atoms with Crippen LogP contribution in [0.25, 0.3) is 0 Å². The van der Waals surface area contributed by atoms with Gasteiger partial charge in [-0.15, -0.1) is 0 Å². The number of nitrogens with zero attached hydrogens (tertiary/aromatic N) is 1. The molecule has 0 amide bonds. The Balaban J connectivity index is 3.53. The topological polar surface area (TPSA) is 74.7 Å². The molecule has 0 unspecified atom stereocenters.